The van der Waals surface area contributed by atoms with Gasteiger partial charge in [0.15, 0.2) is 5.82 Å². The SMILES string of the molecule is CC1(C)CCC(c2noc([C@H]3CCCCN3)n2)CC1. The van der Waals surface area contributed by atoms with E-state index < -0.39 is 0 Å². The highest BCUT2D eigenvalue weighted by Gasteiger charge is 2.31. The van der Waals surface area contributed by atoms with Gasteiger partial charge >= 0.3 is 0 Å². The van der Waals surface area contributed by atoms with Crippen molar-refractivity contribution in [2.24, 2.45) is 5.41 Å². The van der Waals surface area contributed by atoms with Crippen molar-refractivity contribution in [1.29, 1.82) is 0 Å². The number of nitrogens with zero attached hydrogens (tertiary/aromatic N) is 2. The van der Waals surface area contributed by atoms with Crippen molar-refractivity contribution in [2.75, 3.05) is 6.54 Å². The van der Waals surface area contributed by atoms with Crippen LogP contribution in [0, 0.1) is 5.41 Å². The molecule has 2 fully saturated rings. The number of hydrogen-bond acceptors (Lipinski definition) is 4. The van der Waals surface area contributed by atoms with Crippen molar-refractivity contribution in [1.82, 2.24) is 15.5 Å². The van der Waals surface area contributed by atoms with Crippen LogP contribution in [0.15, 0.2) is 4.52 Å². The Hall–Kier alpha value is -0.900. The van der Waals surface area contributed by atoms with Gasteiger partial charge in [0.25, 0.3) is 0 Å². The Labute approximate surface area is 115 Å². The Kier molecular flexibility index (Phi) is 3.61. The summed E-state index contributed by atoms with van der Waals surface area (Å²) in [6.45, 7) is 5.79. The van der Waals surface area contributed by atoms with Crippen molar-refractivity contribution in [3.8, 4) is 0 Å². The molecule has 1 aromatic heterocycles. The zero-order valence-corrected chi connectivity index (χ0v) is 12.1. The molecule has 1 aliphatic carbocycles. The van der Waals surface area contributed by atoms with Gasteiger partial charge < -0.3 is 9.84 Å². The van der Waals surface area contributed by atoms with Crippen molar-refractivity contribution < 1.29 is 4.52 Å². The quantitative estimate of drug-likeness (QED) is 0.886. The molecule has 0 radical (unpaired) electrons. The Morgan fingerprint density at radius 2 is 1.95 bits per heavy atom. The number of piperidine rings is 1. The normalized spacial score (nSPS) is 28.4. The van der Waals surface area contributed by atoms with E-state index in [4.69, 9.17) is 4.52 Å². The van der Waals surface area contributed by atoms with Gasteiger partial charge in [0.05, 0.1) is 6.04 Å². The molecule has 19 heavy (non-hydrogen) atoms. The lowest BCUT2D eigenvalue weighted by molar-refractivity contribution is 0.218. The molecule has 3 rings (SSSR count). The molecule has 0 amide bonds. The molecule has 0 aromatic carbocycles. The molecule has 106 valence electrons. The van der Waals surface area contributed by atoms with E-state index >= 15 is 0 Å². The van der Waals surface area contributed by atoms with E-state index in [9.17, 15) is 0 Å². The highest BCUT2D eigenvalue weighted by Crippen LogP contribution is 2.41. The Morgan fingerprint density at radius 3 is 2.63 bits per heavy atom. The molecule has 1 atom stereocenters. The molecular formula is C15H25N3O. The maximum atomic E-state index is 5.49. The summed E-state index contributed by atoms with van der Waals surface area (Å²) >= 11 is 0. The Balaban J connectivity index is 1.64. The van der Waals surface area contributed by atoms with Gasteiger partial charge in [0.1, 0.15) is 0 Å². The second kappa shape index (κ2) is 5.23. The van der Waals surface area contributed by atoms with Crippen LogP contribution in [0.25, 0.3) is 0 Å². The van der Waals surface area contributed by atoms with Crippen LogP contribution >= 0.6 is 0 Å². The highest BCUT2D eigenvalue weighted by molar-refractivity contribution is 5.01. The predicted molar refractivity (Wildman–Crippen MR) is 73.9 cm³/mol. The average molecular weight is 263 g/mol. The van der Waals surface area contributed by atoms with Crippen LogP contribution in [0.3, 0.4) is 0 Å². The first kappa shape index (κ1) is 13.1. The highest BCUT2D eigenvalue weighted by atomic mass is 16.5. The van der Waals surface area contributed by atoms with Crippen LogP contribution in [0.1, 0.15) is 82.5 Å². The summed E-state index contributed by atoms with van der Waals surface area (Å²) in [6.07, 6.45) is 8.57. The monoisotopic (exact) mass is 263 g/mol. The number of aromatic nitrogens is 2. The van der Waals surface area contributed by atoms with Crippen molar-refractivity contribution >= 4 is 0 Å². The van der Waals surface area contributed by atoms with Crippen LogP contribution in [-0.4, -0.2) is 16.7 Å². The van der Waals surface area contributed by atoms with Gasteiger partial charge in [-0.05, 0) is 50.5 Å². The van der Waals surface area contributed by atoms with E-state index in [1.54, 1.807) is 0 Å². The van der Waals surface area contributed by atoms with Gasteiger partial charge in [-0.15, -0.1) is 0 Å². The van der Waals surface area contributed by atoms with Crippen LogP contribution in [0.4, 0.5) is 0 Å². The minimum Gasteiger partial charge on any atom is -0.338 e. The van der Waals surface area contributed by atoms with E-state index in [1.807, 2.05) is 0 Å². The van der Waals surface area contributed by atoms with E-state index in [-0.39, 0.29) is 6.04 Å². The molecule has 1 saturated heterocycles. The van der Waals surface area contributed by atoms with E-state index in [0.717, 1.165) is 24.7 Å². The third-order valence-electron chi connectivity index (χ3n) is 4.77. The fourth-order valence-electron chi connectivity index (χ4n) is 3.27. The van der Waals surface area contributed by atoms with Crippen molar-refractivity contribution in [3.63, 3.8) is 0 Å². The number of nitrogens with one attached hydrogen (secondary N) is 1. The maximum Gasteiger partial charge on any atom is 0.243 e. The van der Waals surface area contributed by atoms with E-state index in [0.29, 0.717) is 11.3 Å². The van der Waals surface area contributed by atoms with Gasteiger partial charge in [-0.1, -0.05) is 25.4 Å². The maximum absolute atomic E-state index is 5.49. The van der Waals surface area contributed by atoms with Crippen LogP contribution in [0.5, 0.6) is 0 Å². The fourth-order valence-corrected chi connectivity index (χ4v) is 3.27. The summed E-state index contributed by atoms with van der Waals surface area (Å²) in [5.41, 5.74) is 0.494. The summed E-state index contributed by atoms with van der Waals surface area (Å²) in [5.74, 6) is 2.26. The first-order chi connectivity index (χ1) is 9.14. The van der Waals surface area contributed by atoms with Crippen molar-refractivity contribution in [2.45, 2.75) is 70.8 Å². The predicted octanol–water partition coefficient (Wildman–Crippen LogP) is 3.57. The molecule has 0 bridgehead atoms. The Bertz CT molecular complexity index is 411. The topological polar surface area (TPSA) is 51.0 Å². The second-order valence-electron chi connectivity index (χ2n) is 6.93. The summed E-state index contributed by atoms with van der Waals surface area (Å²) in [5, 5.41) is 7.71. The molecule has 2 aliphatic rings. The summed E-state index contributed by atoms with van der Waals surface area (Å²) in [6, 6.07) is 0.287. The van der Waals surface area contributed by atoms with E-state index in [1.165, 1.54) is 38.5 Å². The minimum atomic E-state index is 0.287. The molecule has 0 unspecified atom stereocenters. The molecule has 1 saturated carbocycles. The minimum absolute atomic E-state index is 0.287. The lowest BCUT2D eigenvalue weighted by atomic mass is 9.73. The molecular weight excluding hydrogens is 238 g/mol. The lowest BCUT2D eigenvalue weighted by Gasteiger charge is -2.32. The molecule has 1 aliphatic heterocycles. The lowest BCUT2D eigenvalue weighted by Crippen LogP contribution is -2.27. The molecule has 1 N–H and O–H groups in total. The summed E-state index contributed by atoms with van der Waals surface area (Å²) < 4.78 is 5.49. The van der Waals surface area contributed by atoms with Gasteiger partial charge in [-0.2, -0.15) is 4.98 Å². The second-order valence-corrected chi connectivity index (χ2v) is 6.93. The smallest absolute Gasteiger partial charge is 0.243 e. The zero-order valence-electron chi connectivity index (χ0n) is 12.1. The van der Waals surface area contributed by atoms with Crippen LogP contribution < -0.4 is 5.32 Å². The van der Waals surface area contributed by atoms with Gasteiger partial charge in [0.2, 0.25) is 5.89 Å². The molecule has 4 nitrogen and oxygen atoms in total. The van der Waals surface area contributed by atoms with Crippen molar-refractivity contribution in [3.05, 3.63) is 11.7 Å². The van der Waals surface area contributed by atoms with Crippen LogP contribution in [0.2, 0.25) is 0 Å². The fraction of sp³-hybridized carbons (Fsp3) is 0.867. The number of hydrogen-bond donors (Lipinski definition) is 1. The van der Waals surface area contributed by atoms with E-state index in [2.05, 4.69) is 29.3 Å². The number of rotatable bonds is 2. The largest absolute Gasteiger partial charge is 0.338 e. The molecule has 0 spiro atoms. The molecule has 2 heterocycles. The molecule has 4 heteroatoms. The third kappa shape index (κ3) is 2.99. The first-order valence-corrected chi connectivity index (χ1v) is 7.71. The first-order valence-electron chi connectivity index (χ1n) is 7.71. The van der Waals surface area contributed by atoms with Crippen LogP contribution in [-0.2, 0) is 0 Å². The molecule has 1 aromatic rings. The third-order valence-corrected chi connectivity index (χ3v) is 4.77. The standard InChI is InChI=1S/C15H25N3O/c1-15(2)8-6-11(7-9-15)13-17-14(19-18-13)12-5-3-4-10-16-12/h11-12,16H,3-10H2,1-2H3/t12-/m1/s1. The Morgan fingerprint density at radius 1 is 1.16 bits per heavy atom. The van der Waals surface area contributed by atoms with Gasteiger partial charge in [-0.25, -0.2) is 0 Å². The van der Waals surface area contributed by atoms with Gasteiger partial charge in [0, 0.05) is 5.92 Å². The van der Waals surface area contributed by atoms with Gasteiger partial charge in [-0.3, -0.25) is 0 Å². The summed E-state index contributed by atoms with van der Waals surface area (Å²) in [4.78, 5) is 4.67. The zero-order chi connectivity index (χ0) is 13.3. The average Bonchev–Trinajstić information content (AvgIpc) is 2.89. The summed E-state index contributed by atoms with van der Waals surface area (Å²) in [7, 11) is 0.